The van der Waals surface area contributed by atoms with Gasteiger partial charge in [0.2, 0.25) is 0 Å². The summed E-state index contributed by atoms with van der Waals surface area (Å²) in [5, 5.41) is 11.4. The maximum atomic E-state index is 12.9. The number of ether oxygens (including phenoxy) is 1. The van der Waals surface area contributed by atoms with E-state index in [4.69, 9.17) is 4.74 Å². The molecule has 0 aliphatic heterocycles. The molecule has 2 rings (SSSR count). The van der Waals surface area contributed by atoms with Gasteiger partial charge in [-0.05, 0) is 32.3 Å². The highest BCUT2D eigenvalue weighted by Crippen LogP contribution is 2.40. The van der Waals surface area contributed by atoms with Crippen LogP contribution in [0, 0.1) is 5.92 Å². The summed E-state index contributed by atoms with van der Waals surface area (Å²) in [4.78, 5) is 12.9. The van der Waals surface area contributed by atoms with Crippen molar-refractivity contribution in [2.45, 2.75) is 51.6 Å². The normalized spacial score (nSPS) is 17.8. The second-order valence-electron chi connectivity index (χ2n) is 7.58. The number of benzene rings is 1. The third-order valence-corrected chi connectivity index (χ3v) is 6.11. The van der Waals surface area contributed by atoms with Crippen LogP contribution in [0.2, 0.25) is 0 Å². The third-order valence-electron chi connectivity index (χ3n) is 6.11. The molecule has 1 aliphatic carbocycles. The van der Waals surface area contributed by atoms with Crippen molar-refractivity contribution in [3.63, 3.8) is 0 Å². The fourth-order valence-electron chi connectivity index (χ4n) is 3.74. The van der Waals surface area contributed by atoms with Crippen LogP contribution >= 0.6 is 17.0 Å². The number of nitrogens with zero attached hydrogens (tertiary/aromatic N) is 1. The van der Waals surface area contributed by atoms with Crippen LogP contribution in [0.3, 0.4) is 0 Å². The van der Waals surface area contributed by atoms with Crippen LogP contribution in [0.4, 0.5) is 0 Å². The van der Waals surface area contributed by atoms with Crippen molar-refractivity contribution in [2.24, 2.45) is 5.92 Å². The zero-order valence-electron chi connectivity index (χ0n) is 16.4. The quantitative estimate of drug-likeness (QED) is 0.501. The van der Waals surface area contributed by atoms with Gasteiger partial charge in [-0.1, -0.05) is 49.6 Å². The minimum atomic E-state index is -1.52. The fraction of sp³-hybridized carbons (Fsp3) is 0.667. The lowest BCUT2D eigenvalue weighted by Gasteiger charge is -2.37. The van der Waals surface area contributed by atoms with Gasteiger partial charge in [-0.25, -0.2) is 4.79 Å². The summed E-state index contributed by atoms with van der Waals surface area (Å²) in [6.45, 7) is 7.41. The van der Waals surface area contributed by atoms with Crippen molar-refractivity contribution in [2.75, 3.05) is 33.3 Å². The highest BCUT2D eigenvalue weighted by atomic mass is 79.9. The molecule has 0 amide bonds. The number of hydrogen-bond donors (Lipinski definition) is 1. The Morgan fingerprint density at radius 2 is 1.73 bits per heavy atom. The largest absolute Gasteiger partial charge is 0.457 e. The van der Waals surface area contributed by atoms with E-state index in [9.17, 15) is 9.90 Å². The van der Waals surface area contributed by atoms with E-state index < -0.39 is 11.6 Å². The number of rotatable bonds is 8. The minimum absolute atomic E-state index is 0. The number of likely N-dealkylation sites (N-methyl/N-ethyl adjacent to an activating group) is 1. The molecule has 1 aliphatic rings. The molecule has 1 saturated carbocycles. The molecule has 4 nitrogen and oxygen atoms in total. The van der Waals surface area contributed by atoms with Crippen molar-refractivity contribution < 1.29 is 19.1 Å². The number of halogens is 1. The topological polar surface area (TPSA) is 46.5 Å². The fourth-order valence-corrected chi connectivity index (χ4v) is 3.74. The molecule has 0 spiro atoms. The lowest BCUT2D eigenvalue weighted by atomic mass is 9.73. The van der Waals surface area contributed by atoms with Crippen molar-refractivity contribution >= 4 is 23.0 Å². The third kappa shape index (κ3) is 5.30. The first-order valence-electron chi connectivity index (χ1n) is 9.75. The van der Waals surface area contributed by atoms with Crippen LogP contribution in [-0.4, -0.2) is 48.8 Å². The van der Waals surface area contributed by atoms with E-state index in [2.05, 4.69) is 20.9 Å². The van der Waals surface area contributed by atoms with E-state index in [1.165, 1.54) is 6.42 Å². The van der Waals surface area contributed by atoms with Gasteiger partial charge >= 0.3 is 5.97 Å². The summed E-state index contributed by atoms with van der Waals surface area (Å²) in [5.41, 5.74) is -0.862. The monoisotopic (exact) mass is 428 g/mol. The maximum absolute atomic E-state index is 12.9. The van der Waals surface area contributed by atoms with Gasteiger partial charge in [0.15, 0.2) is 5.60 Å². The Morgan fingerprint density at radius 3 is 2.27 bits per heavy atom. The summed E-state index contributed by atoms with van der Waals surface area (Å²) in [5.74, 6) is -0.543. The molecule has 1 N–H and O–H groups in total. The molecule has 0 aromatic heterocycles. The molecule has 0 heterocycles. The predicted octanol–water partition coefficient (Wildman–Crippen LogP) is 4.06. The van der Waals surface area contributed by atoms with E-state index in [0.29, 0.717) is 12.2 Å². The second-order valence-corrected chi connectivity index (χ2v) is 7.58. The van der Waals surface area contributed by atoms with Crippen molar-refractivity contribution in [3.05, 3.63) is 35.9 Å². The smallest absolute Gasteiger partial charge is 0.343 e. The highest BCUT2D eigenvalue weighted by Gasteiger charge is 2.47. The zero-order valence-corrected chi connectivity index (χ0v) is 18.2. The Morgan fingerprint density at radius 1 is 1.15 bits per heavy atom. The van der Waals surface area contributed by atoms with E-state index >= 15 is 0 Å². The number of carbonyl (C=O) groups is 1. The van der Waals surface area contributed by atoms with Crippen LogP contribution in [0.25, 0.3) is 0 Å². The van der Waals surface area contributed by atoms with E-state index in [1.54, 1.807) is 0 Å². The predicted molar refractivity (Wildman–Crippen MR) is 110 cm³/mol. The number of hydrogen-bond acceptors (Lipinski definition) is 3. The molecule has 0 saturated heterocycles. The van der Waals surface area contributed by atoms with Gasteiger partial charge in [0.1, 0.15) is 13.2 Å². The molecule has 1 aromatic rings. The summed E-state index contributed by atoms with van der Waals surface area (Å²) < 4.78 is 6.47. The van der Waals surface area contributed by atoms with Gasteiger partial charge in [0.25, 0.3) is 0 Å². The minimum Gasteiger partial charge on any atom is -0.457 e. The molecule has 26 heavy (non-hydrogen) atoms. The van der Waals surface area contributed by atoms with Crippen molar-refractivity contribution in [3.8, 4) is 0 Å². The molecule has 1 fully saturated rings. The Hall–Kier alpha value is -0.910. The number of aliphatic hydroxyl groups is 1. The maximum Gasteiger partial charge on any atom is 0.343 e. The Kier molecular flexibility index (Phi) is 9.28. The van der Waals surface area contributed by atoms with Crippen LogP contribution in [0.1, 0.15) is 51.5 Å². The van der Waals surface area contributed by atoms with E-state index in [1.807, 2.05) is 30.3 Å². The molecule has 0 bridgehead atoms. The first kappa shape index (κ1) is 23.1. The summed E-state index contributed by atoms with van der Waals surface area (Å²) in [6, 6.07) is 9.33. The Labute approximate surface area is 168 Å². The number of carbonyl (C=O) groups excluding carboxylic acids is 1. The van der Waals surface area contributed by atoms with Crippen LogP contribution in [0.15, 0.2) is 30.3 Å². The van der Waals surface area contributed by atoms with Crippen LogP contribution in [0.5, 0.6) is 0 Å². The van der Waals surface area contributed by atoms with Gasteiger partial charge in [0, 0.05) is 5.92 Å². The average molecular weight is 429 g/mol. The number of quaternary nitrogens is 1. The molecule has 1 atom stereocenters. The summed E-state index contributed by atoms with van der Waals surface area (Å²) in [6.07, 6.45) is 5.05. The standard InChI is InChI=1S/C21H34NO3.BrH/c1-4-22(3,5-2)16-17-25-20(23)21(24,18-12-8-6-9-13-18)19-14-10-7-11-15-19;/h6,8-9,12-13,19,24H,4-5,7,10-11,14-17H2,1-3H3;1H/q+1;. The van der Waals surface area contributed by atoms with Gasteiger partial charge in [-0.15, -0.1) is 17.0 Å². The average Bonchev–Trinajstić information content (AvgIpc) is 2.68. The van der Waals surface area contributed by atoms with Crippen LogP contribution in [-0.2, 0) is 15.1 Å². The molecular weight excluding hydrogens is 394 g/mol. The molecular formula is C21H35BrNO3+. The second kappa shape index (κ2) is 10.4. The molecule has 1 unspecified atom stereocenters. The van der Waals surface area contributed by atoms with Gasteiger partial charge in [-0.2, -0.15) is 0 Å². The molecule has 1 aromatic carbocycles. The molecule has 0 radical (unpaired) electrons. The van der Waals surface area contributed by atoms with Crippen molar-refractivity contribution in [1.82, 2.24) is 0 Å². The van der Waals surface area contributed by atoms with Gasteiger partial charge in [-0.3, -0.25) is 0 Å². The SMILES string of the molecule is Br.CC[N+](C)(CC)CCOC(=O)C(O)(c1ccccc1)C1CCCCC1. The van der Waals surface area contributed by atoms with Crippen LogP contribution < -0.4 is 0 Å². The summed E-state index contributed by atoms with van der Waals surface area (Å²) in [7, 11) is 2.17. The molecule has 5 heteroatoms. The first-order valence-corrected chi connectivity index (χ1v) is 9.75. The van der Waals surface area contributed by atoms with E-state index in [0.717, 1.165) is 49.8 Å². The van der Waals surface area contributed by atoms with Crippen molar-refractivity contribution in [1.29, 1.82) is 0 Å². The van der Waals surface area contributed by atoms with E-state index in [-0.39, 0.29) is 22.9 Å². The highest BCUT2D eigenvalue weighted by molar-refractivity contribution is 8.93. The van der Waals surface area contributed by atoms with Gasteiger partial charge in [0.05, 0.1) is 20.1 Å². The zero-order chi connectivity index (χ0) is 18.3. The lowest BCUT2D eigenvalue weighted by Crippen LogP contribution is -2.48. The lowest BCUT2D eigenvalue weighted by molar-refractivity contribution is -0.906. The van der Waals surface area contributed by atoms with Gasteiger partial charge < -0.3 is 14.3 Å². The number of esters is 1. The Bertz CT molecular complexity index is 541. The molecule has 148 valence electrons. The summed E-state index contributed by atoms with van der Waals surface area (Å²) >= 11 is 0. The Balaban J connectivity index is 0.00000338. The first-order chi connectivity index (χ1) is 12.0.